The molecule has 1 aliphatic rings. The first kappa shape index (κ1) is 12.5. The Morgan fingerprint density at radius 2 is 1.87 bits per heavy atom. The van der Waals surface area contributed by atoms with Crippen molar-refractivity contribution in [1.29, 1.82) is 0 Å². The third-order valence-electron chi connectivity index (χ3n) is 3.62. The number of hydrogen-bond donors (Lipinski definition) is 1. The lowest BCUT2D eigenvalue weighted by atomic mass is 9.82. The molecule has 3 heteroatoms. The van der Waals surface area contributed by atoms with Gasteiger partial charge in [-0.25, -0.2) is 0 Å². The number of rotatable bonds is 4. The van der Waals surface area contributed by atoms with Gasteiger partial charge in [-0.15, -0.1) is 0 Å². The zero-order chi connectivity index (χ0) is 11.4. The zero-order valence-corrected chi connectivity index (χ0v) is 10.1. The first-order valence-corrected chi connectivity index (χ1v) is 5.93. The average Bonchev–Trinajstić information content (AvgIpc) is 2.18. The van der Waals surface area contributed by atoms with Crippen molar-refractivity contribution in [1.82, 2.24) is 4.90 Å². The summed E-state index contributed by atoms with van der Waals surface area (Å²) in [7, 11) is 2.15. The quantitative estimate of drug-likeness (QED) is 0.778. The molecule has 0 unspecified atom stereocenters. The summed E-state index contributed by atoms with van der Waals surface area (Å²) in [6.45, 7) is 5.51. The molecule has 1 saturated carbocycles. The molecule has 0 aliphatic heterocycles. The maximum atomic E-state index is 10.8. The van der Waals surface area contributed by atoms with E-state index in [4.69, 9.17) is 5.11 Å². The molecule has 88 valence electrons. The molecule has 0 bridgehead atoms. The Balaban J connectivity index is 2.28. The van der Waals surface area contributed by atoms with Crippen LogP contribution in [0.1, 0.15) is 39.5 Å². The maximum Gasteiger partial charge on any atom is 0.306 e. The maximum absolute atomic E-state index is 10.8. The summed E-state index contributed by atoms with van der Waals surface area (Å²) in [6.07, 6.45) is 3.89. The number of aliphatic carboxylic acids is 1. The Labute approximate surface area is 92.5 Å². The van der Waals surface area contributed by atoms with Crippen molar-refractivity contribution >= 4 is 5.97 Å². The van der Waals surface area contributed by atoms with Gasteiger partial charge in [0.15, 0.2) is 0 Å². The van der Waals surface area contributed by atoms with Crippen LogP contribution in [0, 0.1) is 11.8 Å². The Hall–Kier alpha value is -0.570. The van der Waals surface area contributed by atoms with E-state index in [0.717, 1.165) is 32.2 Å². The van der Waals surface area contributed by atoms with Gasteiger partial charge in [0.05, 0.1) is 5.92 Å². The third kappa shape index (κ3) is 3.82. The van der Waals surface area contributed by atoms with Crippen LogP contribution in [0.25, 0.3) is 0 Å². The second-order valence-corrected chi connectivity index (χ2v) is 5.09. The van der Waals surface area contributed by atoms with E-state index in [2.05, 4.69) is 25.8 Å². The standard InChI is InChI=1S/C12H23NO2/c1-9(2)13(3)8-10-4-6-11(7-5-10)12(14)15/h9-11H,4-8H2,1-3H3,(H,14,15). The SMILES string of the molecule is CC(C)N(C)CC1CCC(C(=O)O)CC1. The van der Waals surface area contributed by atoms with Gasteiger partial charge in [0, 0.05) is 12.6 Å². The molecule has 0 aromatic carbocycles. The van der Waals surface area contributed by atoms with Crippen molar-refractivity contribution in [2.75, 3.05) is 13.6 Å². The highest BCUT2D eigenvalue weighted by molar-refractivity contribution is 5.69. The van der Waals surface area contributed by atoms with Crippen LogP contribution in [0.5, 0.6) is 0 Å². The van der Waals surface area contributed by atoms with Crippen LogP contribution >= 0.6 is 0 Å². The van der Waals surface area contributed by atoms with Crippen LogP contribution < -0.4 is 0 Å². The average molecular weight is 213 g/mol. The van der Waals surface area contributed by atoms with Gasteiger partial charge in [0.25, 0.3) is 0 Å². The molecular weight excluding hydrogens is 190 g/mol. The van der Waals surface area contributed by atoms with E-state index in [0.29, 0.717) is 12.0 Å². The Morgan fingerprint density at radius 1 is 1.33 bits per heavy atom. The smallest absolute Gasteiger partial charge is 0.306 e. The molecule has 3 nitrogen and oxygen atoms in total. The lowest BCUT2D eigenvalue weighted by Gasteiger charge is -2.31. The summed E-state index contributed by atoms with van der Waals surface area (Å²) >= 11 is 0. The van der Waals surface area contributed by atoms with Gasteiger partial charge in [-0.3, -0.25) is 4.79 Å². The Kier molecular flexibility index (Phi) is 4.58. The van der Waals surface area contributed by atoms with Gasteiger partial charge in [0.2, 0.25) is 0 Å². The van der Waals surface area contributed by atoms with Crippen LogP contribution in [-0.4, -0.2) is 35.6 Å². The molecule has 0 heterocycles. The second-order valence-electron chi connectivity index (χ2n) is 5.09. The van der Waals surface area contributed by atoms with Crippen molar-refractivity contribution in [2.24, 2.45) is 11.8 Å². The number of carboxylic acids is 1. The molecule has 1 fully saturated rings. The number of carbonyl (C=O) groups is 1. The van der Waals surface area contributed by atoms with Crippen molar-refractivity contribution in [3.63, 3.8) is 0 Å². The van der Waals surface area contributed by atoms with E-state index in [1.807, 2.05) is 0 Å². The van der Waals surface area contributed by atoms with Crippen molar-refractivity contribution < 1.29 is 9.90 Å². The van der Waals surface area contributed by atoms with E-state index in [9.17, 15) is 4.79 Å². The first-order chi connectivity index (χ1) is 7.00. The fraction of sp³-hybridized carbons (Fsp3) is 0.917. The van der Waals surface area contributed by atoms with Crippen LogP contribution in [0.4, 0.5) is 0 Å². The predicted octanol–water partition coefficient (Wildman–Crippen LogP) is 2.22. The topological polar surface area (TPSA) is 40.5 Å². The van der Waals surface area contributed by atoms with Gasteiger partial charge in [-0.05, 0) is 52.5 Å². The summed E-state index contributed by atoms with van der Waals surface area (Å²) in [5.41, 5.74) is 0. The molecule has 1 rings (SSSR count). The van der Waals surface area contributed by atoms with Gasteiger partial charge in [0.1, 0.15) is 0 Å². The van der Waals surface area contributed by atoms with Crippen LogP contribution in [-0.2, 0) is 4.79 Å². The van der Waals surface area contributed by atoms with Gasteiger partial charge in [-0.1, -0.05) is 0 Å². The molecule has 1 aliphatic carbocycles. The largest absolute Gasteiger partial charge is 0.481 e. The zero-order valence-electron chi connectivity index (χ0n) is 10.1. The third-order valence-corrected chi connectivity index (χ3v) is 3.62. The van der Waals surface area contributed by atoms with Crippen LogP contribution in [0.3, 0.4) is 0 Å². The molecule has 15 heavy (non-hydrogen) atoms. The molecule has 0 saturated heterocycles. The summed E-state index contributed by atoms with van der Waals surface area (Å²) < 4.78 is 0. The molecule has 0 radical (unpaired) electrons. The highest BCUT2D eigenvalue weighted by Crippen LogP contribution is 2.29. The Morgan fingerprint density at radius 3 is 2.27 bits per heavy atom. The second kappa shape index (κ2) is 5.50. The van der Waals surface area contributed by atoms with Gasteiger partial charge >= 0.3 is 5.97 Å². The van der Waals surface area contributed by atoms with E-state index in [1.54, 1.807) is 0 Å². The van der Waals surface area contributed by atoms with Crippen molar-refractivity contribution in [3.8, 4) is 0 Å². The summed E-state index contributed by atoms with van der Waals surface area (Å²) in [5, 5.41) is 8.88. The summed E-state index contributed by atoms with van der Waals surface area (Å²) in [6, 6.07) is 0.585. The minimum absolute atomic E-state index is 0.0781. The number of carboxylic acid groups (broad SMARTS) is 1. The molecule has 0 amide bonds. The number of hydrogen-bond acceptors (Lipinski definition) is 2. The van der Waals surface area contributed by atoms with Crippen LogP contribution in [0.15, 0.2) is 0 Å². The Bertz CT molecular complexity index is 208. The molecule has 1 N–H and O–H groups in total. The fourth-order valence-corrected chi connectivity index (χ4v) is 2.21. The normalized spacial score (nSPS) is 27.3. The van der Waals surface area contributed by atoms with Crippen molar-refractivity contribution in [2.45, 2.75) is 45.6 Å². The minimum atomic E-state index is -0.606. The van der Waals surface area contributed by atoms with E-state index in [1.165, 1.54) is 0 Å². The lowest BCUT2D eigenvalue weighted by Crippen LogP contribution is -2.34. The summed E-state index contributed by atoms with van der Waals surface area (Å²) in [4.78, 5) is 13.1. The van der Waals surface area contributed by atoms with E-state index < -0.39 is 5.97 Å². The predicted molar refractivity (Wildman–Crippen MR) is 60.8 cm³/mol. The summed E-state index contributed by atoms with van der Waals surface area (Å²) in [5.74, 6) is 0.0178. The molecule has 0 aromatic heterocycles. The molecule has 0 atom stereocenters. The van der Waals surface area contributed by atoms with Crippen molar-refractivity contribution in [3.05, 3.63) is 0 Å². The fourth-order valence-electron chi connectivity index (χ4n) is 2.21. The van der Waals surface area contributed by atoms with E-state index >= 15 is 0 Å². The van der Waals surface area contributed by atoms with E-state index in [-0.39, 0.29) is 5.92 Å². The number of nitrogens with zero attached hydrogens (tertiary/aromatic N) is 1. The monoisotopic (exact) mass is 213 g/mol. The highest BCUT2D eigenvalue weighted by atomic mass is 16.4. The molecular formula is C12H23NO2. The molecule has 0 spiro atoms. The first-order valence-electron chi connectivity index (χ1n) is 5.93. The molecule has 0 aromatic rings. The van der Waals surface area contributed by atoms with Gasteiger partial charge < -0.3 is 10.0 Å². The highest BCUT2D eigenvalue weighted by Gasteiger charge is 2.26. The van der Waals surface area contributed by atoms with Crippen LogP contribution in [0.2, 0.25) is 0 Å². The van der Waals surface area contributed by atoms with Gasteiger partial charge in [-0.2, -0.15) is 0 Å². The lowest BCUT2D eigenvalue weighted by molar-refractivity contribution is -0.143. The minimum Gasteiger partial charge on any atom is -0.481 e.